The number of benzene rings is 1. The normalized spacial score (nSPS) is 10.6. The number of carbonyl (C=O) groups is 1. The monoisotopic (exact) mass is 314 g/mol. The van der Waals surface area contributed by atoms with Gasteiger partial charge in [-0.15, -0.1) is 4.33 Å². The van der Waals surface area contributed by atoms with Crippen LogP contribution in [0, 0.1) is 0 Å². The van der Waals surface area contributed by atoms with Crippen molar-refractivity contribution in [2.45, 2.75) is 18.2 Å². The summed E-state index contributed by atoms with van der Waals surface area (Å²) < 4.78 is 31.8. The van der Waals surface area contributed by atoms with E-state index in [0.29, 0.717) is 12.2 Å². The van der Waals surface area contributed by atoms with E-state index in [1.54, 1.807) is 6.92 Å². The first-order chi connectivity index (χ1) is 8.49. The van der Waals surface area contributed by atoms with Gasteiger partial charge in [-0.2, -0.15) is 8.42 Å². The summed E-state index contributed by atoms with van der Waals surface area (Å²) >= 11 is 0. The molecule has 0 aliphatic rings. The van der Waals surface area contributed by atoms with Gasteiger partial charge in [-0.1, -0.05) is 12.1 Å². The molecule has 1 aromatic carbocycles. The molecule has 102 valence electrons. The summed E-state index contributed by atoms with van der Waals surface area (Å²) in [7, 11) is -2.80. The second-order valence-electron chi connectivity index (χ2n) is 3.31. The predicted molar refractivity (Wildman–Crippen MR) is 69.2 cm³/mol. The molecule has 0 radical (unpaired) electrons. The average molecular weight is 314 g/mol. The van der Waals surface area contributed by atoms with E-state index in [-0.39, 0.29) is 68.7 Å². The van der Waals surface area contributed by atoms with E-state index in [2.05, 4.69) is 9.22 Å². The number of rotatable bonds is 6. The second-order valence-corrected chi connectivity index (χ2v) is 4.83. The number of hydrogen-bond acceptors (Lipinski definition) is 6. The van der Waals surface area contributed by atoms with Crippen LogP contribution < -0.4 is 0 Å². The van der Waals surface area contributed by atoms with Crippen LogP contribution in [0.25, 0.3) is 0 Å². The third kappa shape index (κ3) is 6.45. The third-order valence-electron chi connectivity index (χ3n) is 2.02. The Hall–Kier alpha value is 0.196. The molecule has 19 heavy (non-hydrogen) atoms. The van der Waals surface area contributed by atoms with Crippen molar-refractivity contribution >= 4 is 67.5 Å². The van der Waals surface area contributed by atoms with Crippen molar-refractivity contribution in [3.05, 3.63) is 29.8 Å². The number of carbonyl (C=O) groups excluding carboxylic acids is 1. The van der Waals surface area contributed by atoms with Crippen LogP contribution in [-0.2, 0) is 35.3 Å². The van der Waals surface area contributed by atoms with Gasteiger partial charge in [0.1, 0.15) is 0 Å². The molecule has 0 saturated heterocycles. The molecule has 0 amide bonds. The van der Waals surface area contributed by atoms with Gasteiger partial charge in [-0.25, -0.2) is 4.89 Å². The van der Waals surface area contributed by atoms with Crippen LogP contribution in [-0.4, -0.2) is 79.5 Å². The molecule has 0 saturated carbocycles. The molecule has 0 atom stereocenters. The molecule has 0 aromatic heterocycles. The van der Waals surface area contributed by atoms with Gasteiger partial charge in [0.25, 0.3) is 0 Å². The molecule has 0 aliphatic heterocycles. The van der Waals surface area contributed by atoms with E-state index in [0.717, 1.165) is 7.11 Å². The van der Waals surface area contributed by atoms with E-state index >= 15 is 0 Å². The van der Waals surface area contributed by atoms with Gasteiger partial charge in [-0.05, 0) is 24.6 Å². The average Bonchev–Trinajstić information content (AvgIpc) is 2.30. The molecule has 1 aromatic rings. The Kier molecular flexibility index (Phi) is 9.29. The number of ether oxygens (including phenoxy) is 1. The van der Waals surface area contributed by atoms with Crippen LogP contribution >= 0.6 is 0 Å². The van der Waals surface area contributed by atoms with Crippen LogP contribution in [0.5, 0.6) is 0 Å². The Balaban J connectivity index is 0.00000324. The molecule has 0 spiro atoms. The zero-order valence-electron chi connectivity index (χ0n) is 10.1. The summed E-state index contributed by atoms with van der Waals surface area (Å²) in [5.74, 6) is -0.360. The fourth-order valence-corrected chi connectivity index (χ4v) is 2.01. The zero-order chi connectivity index (χ0) is 13.6. The first-order valence-electron chi connectivity index (χ1n) is 5.21. The number of esters is 1. The Bertz CT molecular complexity index is 496. The van der Waals surface area contributed by atoms with E-state index in [1.165, 1.54) is 24.3 Å². The van der Waals surface area contributed by atoms with Crippen LogP contribution in [0.1, 0.15) is 12.5 Å². The quantitative estimate of drug-likeness (QED) is 0.327. The van der Waals surface area contributed by atoms with Gasteiger partial charge in [0.05, 0.1) is 25.0 Å². The standard InChI is InChI=1S/C11H14O6S.K.H/c1-3-16-11(12)8-9-4-6-10(7-5-9)18(13,14)17-15-2;;/h4-7H,3,8H2,1-2H3;;. The van der Waals surface area contributed by atoms with Crippen LogP contribution in [0.4, 0.5) is 0 Å². The molecular weight excluding hydrogens is 299 g/mol. The summed E-state index contributed by atoms with van der Waals surface area (Å²) in [6.07, 6.45) is 0.0965. The van der Waals surface area contributed by atoms with Crippen LogP contribution in [0.2, 0.25) is 0 Å². The molecule has 0 N–H and O–H groups in total. The van der Waals surface area contributed by atoms with E-state index in [1.807, 2.05) is 0 Å². The fraction of sp³-hybridized carbons (Fsp3) is 0.364. The minimum absolute atomic E-state index is 0. The SMILES string of the molecule is CCOC(=O)Cc1ccc(S(=O)(=O)OOC)cc1.[KH]. The summed E-state index contributed by atoms with van der Waals surface area (Å²) in [4.78, 5) is 15.3. The Morgan fingerprint density at radius 3 is 2.26 bits per heavy atom. The molecule has 0 fully saturated rings. The van der Waals surface area contributed by atoms with Gasteiger partial charge in [0, 0.05) is 0 Å². The maximum atomic E-state index is 11.4. The first-order valence-corrected chi connectivity index (χ1v) is 6.62. The van der Waals surface area contributed by atoms with E-state index in [9.17, 15) is 13.2 Å². The fourth-order valence-electron chi connectivity index (χ4n) is 1.28. The molecule has 0 bridgehead atoms. The Morgan fingerprint density at radius 1 is 1.21 bits per heavy atom. The third-order valence-corrected chi connectivity index (χ3v) is 3.19. The van der Waals surface area contributed by atoms with Gasteiger partial charge < -0.3 is 4.74 Å². The molecule has 0 aliphatic carbocycles. The van der Waals surface area contributed by atoms with Gasteiger partial charge >= 0.3 is 67.5 Å². The van der Waals surface area contributed by atoms with E-state index < -0.39 is 10.1 Å². The van der Waals surface area contributed by atoms with Crippen molar-refractivity contribution in [3.63, 3.8) is 0 Å². The number of hydrogen-bond donors (Lipinski definition) is 0. The molecule has 0 unspecified atom stereocenters. The summed E-state index contributed by atoms with van der Waals surface area (Å²) in [5.41, 5.74) is 0.657. The van der Waals surface area contributed by atoms with Gasteiger partial charge in [-0.3, -0.25) is 4.79 Å². The second kappa shape index (κ2) is 9.19. The molecular formula is C11H15KO6S. The maximum absolute atomic E-state index is 11.4. The van der Waals surface area contributed by atoms with Crippen molar-refractivity contribution in [2.75, 3.05) is 13.7 Å². The molecule has 0 heterocycles. The van der Waals surface area contributed by atoms with Gasteiger partial charge in [0.2, 0.25) is 0 Å². The van der Waals surface area contributed by atoms with Crippen molar-refractivity contribution in [1.29, 1.82) is 0 Å². The topological polar surface area (TPSA) is 78.9 Å². The molecule has 1 rings (SSSR count). The van der Waals surface area contributed by atoms with Crippen molar-refractivity contribution in [3.8, 4) is 0 Å². The van der Waals surface area contributed by atoms with Gasteiger partial charge in [0.15, 0.2) is 0 Å². The van der Waals surface area contributed by atoms with Crippen LogP contribution in [0.3, 0.4) is 0 Å². The summed E-state index contributed by atoms with van der Waals surface area (Å²) in [6, 6.07) is 5.71. The van der Waals surface area contributed by atoms with Crippen molar-refractivity contribution in [1.82, 2.24) is 0 Å². The van der Waals surface area contributed by atoms with Crippen molar-refractivity contribution in [2.24, 2.45) is 0 Å². The minimum atomic E-state index is -3.90. The van der Waals surface area contributed by atoms with Crippen LogP contribution in [0.15, 0.2) is 29.2 Å². The summed E-state index contributed by atoms with van der Waals surface area (Å²) in [5, 5.41) is 0. The Labute approximate surface area is 154 Å². The predicted octanol–water partition coefficient (Wildman–Crippen LogP) is 0.410. The summed E-state index contributed by atoms with van der Waals surface area (Å²) in [6.45, 7) is 2.03. The van der Waals surface area contributed by atoms with Crippen molar-refractivity contribution < 1.29 is 27.2 Å². The first kappa shape index (κ1) is 19.2. The molecule has 6 nitrogen and oxygen atoms in total. The molecule has 8 heteroatoms. The van der Waals surface area contributed by atoms with E-state index in [4.69, 9.17) is 4.74 Å². The zero-order valence-corrected chi connectivity index (χ0v) is 10.9. The Morgan fingerprint density at radius 2 is 1.79 bits per heavy atom.